The largest absolute Gasteiger partial charge is 0.384 e. The highest BCUT2D eigenvalue weighted by atomic mass is 15.3. The Morgan fingerprint density at radius 3 is 2.50 bits per heavy atom. The van der Waals surface area contributed by atoms with Crippen molar-refractivity contribution in [1.82, 2.24) is 9.78 Å². The maximum atomic E-state index is 7.59. The number of aryl methyl sites for hydroxylation is 1. The van der Waals surface area contributed by atoms with Crippen molar-refractivity contribution in [2.75, 3.05) is 0 Å². The van der Waals surface area contributed by atoms with Gasteiger partial charge in [-0.1, -0.05) is 24.3 Å². The fourth-order valence-corrected chi connectivity index (χ4v) is 2.02. The van der Waals surface area contributed by atoms with Gasteiger partial charge in [0.15, 0.2) is 0 Å². The second-order valence-electron chi connectivity index (χ2n) is 4.52. The molecule has 94 valence electrons. The maximum absolute atomic E-state index is 7.59. The third kappa shape index (κ3) is 2.14. The highest BCUT2D eigenvalue weighted by Gasteiger charge is 2.10. The normalized spacial score (nSPS) is 10.6. The number of nitrogen functional groups attached to an aromatic ring is 1. The lowest BCUT2D eigenvalue weighted by atomic mass is 10.1. The third-order valence-corrected chi connectivity index (χ3v) is 3.37. The minimum Gasteiger partial charge on any atom is -0.384 e. The molecule has 0 spiro atoms. The Balaban J connectivity index is 2.40. The highest BCUT2D eigenvalue weighted by molar-refractivity contribution is 5.96. The molecule has 0 amide bonds. The Kier molecular flexibility index (Phi) is 3.19. The van der Waals surface area contributed by atoms with E-state index in [1.807, 2.05) is 35.9 Å². The zero-order valence-corrected chi connectivity index (χ0v) is 11.0. The predicted octanol–water partition coefficient (Wildman–Crippen LogP) is 2.14. The molecule has 3 N–H and O–H groups in total. The van der Waals surface area contributed by atoms with E-state index in [1.165, 1.54) is 5.56 Å². The molecule has 1 aromatic heterocycles. The molecule has 1 heterocycles. The standard InChI is InChI=1S/C14H18N4/c1-9-10(2)17-18(11(9)3)8-12-6-4-5-7-13(12)14(15)16/h4-7H,8H2,1-3H3,(H3,15,16). The van der Waals surface area contributed by atoms with E-state index >= 15 is 0 Å². The van der Waals surface area contributed by atoms with Crippen molar-refractivity contribution in [1.29, 1.82) is 5.41 Å². The molecule has 18 heavy (non-hydrogen) atoms. The van der Waals surface area contributed by atoms with Crippen molar-refractivity contribution >= 4 is 5.84 Å². The molecule has 1 aromatic carbocycles. The second kappa shape index (κ2) is 4.64. The first-order valence-corrected chi connectivity index (χ1v) is 5.93. The Morgan fingerprint density at radius 2 is 1.94 bits per heavy atom. The lowest BCUT2D eigenvalue weighted by Gasteiger charge is -2.09. The van der Waals surface area contributed by atoms with Crippen LogP contribution in [0.2, 0.25) is 0 Å². The SMILES string of the molecule is Cc1nn(Cc2ccccc2C(=N)N)c(C)c1C. The fraction of sp³-hybridized carbons (Fsp3) is 0.286. The lowest BCUT2D eigenvalue weighted by molar-refractivity contribution is 0.658. The predicted molar refractivity (Wildman–Crippen MR) is 73.0 cm³/mol. The molecule has 0 atom stereocenters. The first-order chi connectivity index (χ1) is 8.50. The van der Waals surface area contributed by atoms with E-state index < -0.39 is 0 Å². The zero-order chi connectivity index (χ0) is 13.3. The van der Waals surface area contributed by atoms with Crippen molar-refractivity contribution in [3.8, 4) is 0 Å². The summed E-state index contributed by atoms with van der Waals surface area (Å²) in [6.07, 6.45) is 0. The van der Waals surface area contributed by atoms with Gasteiger partial charge in [-0.05, 0) is 31.9 Å². The van der Waals surface area contributed by atoms with E-state index in [0.717, 1.165) is 22.5 Å². The molecule has 0 unspecified atom stereocenters. The van der Waals surface area contributed by atoms with E-state index in [1.54, 1.807) is 0 Å². The van der Waals surface area contributed by atoms with Gasteiger partial charge < -0.3 is 5.73 Å². The number of benzene rings is 1. The van der Waals surface area contributed by atoms with Gasteiger partial charge >= 0.3 is 0 Å². The van der Waals surface area contributed by atoms with Crippen molar-refractivity contribution in [3.05, 3.63) is 52.3 Å². The van der Waals surface area contributed by atoms with Crippen LogP contribution in [0.25, 0.3) is 0 Å². The summed E-state index contributed by atoms with van der Waals surface area (Å²) in [6.45, 7) is 6.79. The number of amidine groups is 1. The van der Waals surface area contributed by atoms with Gasteiger partial charge in [-0.25, -0.2) is 0 Å². The van der Waals surface area contributed by atoms with Crippen molar-refractivity contribution in [2.45, 2.75) is 27.3 Å². The highest BCUT2D eigenvalue weighted by Crippen LogP contribution is 2.15. The van der Waals surface area contributed by atoms with Crippen LogP contribution < -0.4 is 5.73 Å². The summed E-state index contributed by atoms with van der Waals surface area (Å²) in [7, 11) is 0. The molecule has 0 fully saturated rings. The van der Waals surface area contributed by atoms with Crippen molar-refractivity contribution in [2.24, 2.45) is 5.73 Å². The van der Waals surface area contributed by atoms with Crippen molar-refractivity contribution in [3.63, 3.8) is 0 Å². The molecule has 2 rings (SSSR count). The number of nitrogens with two attached hydrogens (primary N) is 1. The summed E-state index contributed by atoms with van der Waals surface area (Å²) in [5.41, 5.74) is 10.8. The van der Waals surface area contributed by atoms with Crippen LogP contribution in [0, 0.1) is 26.2 Å². The van der Waals surface area contributed by atoms with E-state index in [-0.39, 0.29) is 5.84 Å². The van der Waals surface area contributed by atoms with Gasteiger partial charge in [0.25, 0.3) is 0 Å². The number of hydrogen-bond acceptors (Lipinski definition) is 2. The number of hydrogen-bond donors (Lipinski definition) is 2. The summed E-state index contributed by atoms with van der Waals surface area (Å²) in [6, 6.07) is 7.71. The monoisotopic (exact) mass is 242 g/mol. The summed E-state index contributed by atoms with van der Waals surface area (Å²) >= 11 is 0. The minimum absolute atomic E-state index is 0.101. The number of nitrogens with zero attached hydrogens (tertiary/aromatic N) is 2. The van der Waals surface area contributed by atoms with Gasteiger partial charge in [0.2, 0.25) is 0 Å². The average molecular weight is 242 g/mol. The summed E-state index contributed by atoms with van der Waals surface area (Å²) < 4.78 is 1.96. The Morgan fingerprint density at radius 1 is 1.28 bits per heavy atom. The summed E-state index contributed by atoms with van der Waals surface area (Å²) in [4.78, 5) is 0. The molecule has 2 aromatic rings. The molecule has 0 aliphatic heterocycles. The van der Waals surface area contributed by atoms with Gasteiger partial charge in [0, 0.05) is 11.3 Å². The number of nitrogens with one attached hydrogen (secondary N) is 1. The first kappa shape index (κ1) is 12.4. The third-order valence-electron chi connectivity index (χ3n) is 3.37. The van der Waals surface area contributed by atoms with Gasteiger partial charge in [-0.2, -0.15) is 5.10 Å². The molecule has 0 bridgehead atoms. The number of aromatic nitrogens is 2. The van der Waals surface area contributed by atoms with Crippen LogP contribution in [0.15, 0.2) is 24.3 Å². The van der Waals surface area contributed by atoms with Crippen LogP contribution in [0.4, 0.5) is 0 Å². The summed E-state index contributed by atoms with van der Waals surface area (Å²) in [5.74, 6) is 0.101. The quantitative estimate of drug-likeness (QED) is 0.639. The minimum atomic E-state index is 0.101. The van der Waals surface area contributed by atoms with Crippen LogP contribution in [0.5, 0.6) is 0 Å². The fourth-order valence-electron chi connectivity index (χ4n) is 2.02. The molecule has 4 heteroatoms. The van der Waals surface area contributed by atoms with Gasteiger partial charge in [0.05, 0.1) is 12.2 Å². The first-order valence-electron chi connectivity index (χ1n) is 5.93. The second-order valence-corrected chi connectivity index (χ2v) is 4.52. The Hall–Kier alpha value is -2.10. The van der Waals surface area contributed by atoms with Crippen molar-refractivity contribution < 1.29 is 0 Å². The Bertz CT molecular complexity index is 596. The summed E-state index contributed by atoms with van der Waals surface area (Å²) in [5, 5.41) is 12.1. The maximum Gasteiger partial charge on any atom is 0.123 e. The van der Waals surface area contributed by atoms with Crippen LogP contribution in [-0.4, -0.2) is 15.6 Å². The molecule has 0 saturated carbocycles. The van der Waals surface area contributed by atoms with Gasteiger partial charge in [-0.15, -0.1) is 0 Å². The molecule has 0 radical (unpaired) electrons. The van der Waals surface area contributed by atoms with Gasteiger partial charge in [0.1, 0.15) is 5.84 Å². The zero-order valence-electron chi connectivity index (χ0n) is 11.0. The van der Waals surface area contributed by atoms with E-state index in [2.05, 4.69) is 18.9 Å². The molecule has 0 saturated heterocycles. The number of rotatable bonds is 3. The molecule has 0 aliphatic rings. The van der Waals surface area contributed by atoms with E-state index in [0.29, 0.717) is 6.54 Å². The van der Waals surface area contributed by atoms with Crippen LogP contribution in [-0.2, 0) is 6.54 Å². The average Bonchev–Trinajstić information content (AvgIpc) is 2.57. The molecule has 4 nitrogen and oxygen atoms in total. The Labute approximate surface area is 107 Å². The van der Waals surface area contributed by atoms with Gasteiger partial charge in [-0.3, -0.25) is 10.1 Å². The smallest absolute Gasteiger partial charge is 0.123 e. The molecular formula is C14H18N4. The lowest BCUT2D eigenvalue weighted by Crippen LogP contribution is -2.16. The van der Waals surface area contributed by atoms with Crippen LogP contribution in [0.1, 0.15) is 28.1 Å². The van der Waals surface area contributed by atoms with Crippen LogP contribution >= 0.6 is 0 Å². The van der Waals surface area contributed by atoms with E-state index in [9.17, 15) is 0 Å². The molecule has 0 aliphatic carbocycles. The topological polar surface area (TPSA) is 67.7 Å². The van der Waals surface area contributed by atoms with E-state index in [4.69, 9.17) is 11.1 Å². The van der Waals surface area contributed by atoms with Crippen LogP contribution in [0.3, 0.4) is 0 Å². The molecular weight excluding hydrogens is 224 g/mol.